The van der Waals surface area contributed by atoms with Crippen LogP contribution in [0.4, 0.5) is 0 Å². The van der Waals surface area contributed by atoms with Crippen molar-refractivity contribution < 1.29 is 0 Å². The Bertz CT molecular complexity index is 2740. The summed E-state index contributed by atoms with van der Waals surface area (Å²) in [6.45, 7) is 11.5. The molecule has 1 heterocycles. The molecule has 0 nitrogen and oxygen atoms in total. The zero-order valence-electron chi connectivity index (χ0n) is 30.5. The predicted octanol–water partition coefficient (Wildman–Crippen LogP) is 14.9. The molecular formula is C51H42S. The second kappa shape index (κ2) is 12.6. The molecule has 52 heavy (non-hydrogen) atoms. The van der Waals surface area contributed by atoms with Crippen molar-refractivity contribution in [2.75, 3.05) is 0 Å². The van der Waals surface area contributed by atoms with Gasteiger partial charge in [-0.05, 0) is 110 Å². The lowest BCUT2D eigenvalue weighted by Gasteiger charge is -2.23. The average Bonchev–Trinajstić information content (AvgIpc) is 3.62. The molecule has 0 spiro atoms. The molecular weight excluding hydrogens is 645 g/mol. The predicted molar refractivity (Wildman–Crippen MR) is 230 cm³/mol. The van der Waals surface area contributed by atoms with Crippen molar-refractivity contribution in [3.63, 3.8) is 0 Å². The molecule has 0 bridgehead atoms. The van der Waals surface area contributed by atoms with Crippen molar-refractivity contribution in [3.8, 4) is 22.3 Å². The highest BCUT2D eigenvalue weighted by Crippen LogP contribution is 2.57. The first kappa shape index (κ1) is 32.4. The first-order valence-electron chi connectivity index (χ1n) is 18.5. The van der Waals surface area contributed by atoms with Crippen LogP contribution in [0.15, 0.2) is 151 Å². The van der Waals surface area contributed by atoms with Gasteiger partial charge in [0, 0.05) is 25.8 Å². The Labute approximate surface area is 311 Å². The van der Waals surface area contributed by atoms with Crippen molar-refractivity contribution in [2.45, 2.75) is 46.5 Å². The van der Waals surface area contributed by atoms with Gasteiger partial charge in [0.05, 0.1) is 0 Å². The molecule has 9 rings (SSSR count). The van der Waals surface area contributed by atoms with Gasteiger partial charge in [-0.3, -0.25) is 0 Å². The lowest BCUT2D eigenvalue weighted by molar-refractivity contribution is 0.666. The highest BCUT2D eigenvalue weighted by Gasteiger charge is 2.41. The second-order valence-corrected chi connectivity index (χ2v) is 15.9. The van der Waals surface area contributed by atoms with Crippen LogP contribution in [0.5, 0.6) is 0 Å². The fourth-order valence-electron chi connectivity index (χ4n) is 9.19. The van der Waals surface area contributed by atoms with E-state index in [2.05, 4.69) is 186 Å². The molecule has 1 heteroatoms. The average molecular weight is 687 g/mol. The van der Waals surface area contributed by atoms with Crippen LogP contribution in [0.25, 0.3) is 76.3 Å². The van der Waals surface area contributed by atoms with E-state index in [0.29, 0.717) is 0 Å². The molecule has 0 amide bonds. The van der Waals surface area contributed by atoms with Gasteiger partial charge in [-0.25, -0.2) is 0 Å². The summed E-state index contributed by atoms with van der Waals surface area (Å²) in [6, 6.07) is 47.1. The second-order valence-electron chi connectivity index (χ2n) is 14.6. The SMILES string of the molecule is C/C=C\c1c(C)sc2c1c1c(c3ccccc32)C(=C/Cc2cccc(-c3c4ccccc4c(-c4ccccc4)c4ccccc34)c2)/C(=C\C)C1(C)C. The van der Waals surface area contributed by atoms with Crippen LogP contribution in [0.2, 0.25) is 0 Å². The molecule has 8 aromatic rings. The smallest absolute Gasteiger partial charge is 0.0433 e. The largest absolute Gasteiger partial charge is 0.139 e. The standard InChI is InChI=1S/C51H42S/c1-6-18-36-32(3)52-50-42-28-16-15-27-41(42)47-43(44(7-2)51(4,5)49(47)48(36)50)30-29-33-19-17-22-35(31-33)46-39-25-13-11-23-37(39)45(34-20-9-8-10-21-34)38-24-12-14-26-40(38)46/h6-28,30-31H,29H2,1-5H3/b18-6-,43-30+,44-7+. The lowest BCUT2D eigenvalue weighted by atomic mass is 9.79. The van der Waals surface area contributed by atoms with Crippen LogP contribution >= 0.6 is 11.3 Å². The van der Waals surface area contributed by atoms with Crippen molar-refractivity contribution in [1.82, 2.24) is 0 Å². The van der Waals surface area contributed by atoms with Gasteiger partial charge < -0.3 is 0 Å². The molecule has 0 unspecified atom stereocenters. The highest BCUT2D eigenvalue weighted by molar-refractivity contribution is 7.20. The molecule has 0 fully saturated rings. The molecule has 0 aliphatic heterocycles. The Kier molecular flexibility index (Phi) is 7.86. The third-order valence-corrected chi connectivity index (χ3v) is 12.5. The van der Waals surface area contributed by atoms with E-state index in [1.807, 2.05) is 11.3 Å². The molecule has 1 aromatic heterocycles. The van der Waals surface area contributed by atoms with Gasteiger partial charge in [-0.1, -0.05) is 166 Å². The quantitative estimate of drug-likeness (QED) is 0.158. The Balaban J connectivity index is 1.23. The van der Waals surface area contributed by atoms with E-state index in [1.165, 1.54) is 103 Å². The zero-order valence-corrected chi connectivity index (χ0v) is 31.4. The normalized spacial score (nSPS) is 15.6. The minimum absolute atomic E-state index is 0.123. The van der Waals surface area contributed by atoms with Gasteiger partial charge in [0.1, 0.15) is 0 Å². The van der Waals surface area contributed by atoms with Crippen LogP contribution < -0.4 is 0 Å². The molecule has 1 aliphatic carbocycles. The fourth-order valence-corrected chi connectivity index (χ4v) is 10.4. The van der Waals surface area contributed by atoms with Crippen LogP contribution in [0.1, 0.15) is 54.8 Å². The van der Waals surface area contributed by atoms with Gasteiger partial charge in [0.25, 0.3) is 0 Å². The van der Waals surface area contributed by atoms with E-state index < -0.39 is 0 Å². The third kappa shape index (κ3) is 4.87. The maximum absolute atomic E-state index is 2.52. The van der Waals surface area contributed by atoms with Gasteiger partial charge in [-0.15, -0.1) is 11.3 Å². The molecule has 0 N–H and O–H groups in total. The Hall–Kier alpha value is -5.50. The van der Waals surface area contributed by atoms with Crippen LogP contribution in [-0.4, -0.2) is 0 Å². The molecule has 0 saturated heterocycles. The molecule has 0 saturated carbocycles. The maximum Gasteiger partial charge on any atom is 0.0433 e. The topological polar surface area (TPSA) is 0 Å². The monoisotopic (exact) mass is 686 g/mol. The Morgan fingerprint density at radius 2 is 1.13 bits per heavy atom. The lowest BCUT2D eigenvalue weighted by Crippen LogP contribution is -2.15. The number of allylic oxidation sites excluding steroid dienone is 5. The first-order valence-corrected chi connectivity index (χ1v) is 19.3. The van der Waals surface area contributed by atoms with Crippen molar-refractivity contribution >= 4 is 65.4 Å². The number of rotatable bonds is 5. The first-order chi connectivity index (χ1) is 25.4. The van der Waals surface area contributed by atoms with Crippen molar-refractivity contribution in [3.05, 3.63) is 178 Å². The molecule has 0 atom stereocenters. The van der Waals surface area contributed by atoms with Gasteiger partial charge in [0.2, 0.25) is 0 Å². The summed E-state index contributed by atoms with van der Waals surface area (Å²) in [7, 11) is 0. The summed E-state index contributed by atoms with van der Waals surface area (Å²) in [5.74, 6) is 0. The minimum atomic E-state index is -0.123. The van der Waals surface area contributed by atoms with Gasteiger partial charge >= 0.3 is 0 Å². The molecule has 7 aromatic carbocycles. The van der Waals surface area contributed by atoms with E-state index in [-0.39, 0.29) is 5.41 Å². The summed E-state index contributed by atoms with van der Waals surface area (Å²) in [5, 5.41) is 9.31. The van der Waals surface area contributed by atoms with Crippen molar-refractivity contribution in [2.24, 2.45) is 0 Å². The van der Waals surface area contributed by atoms with Gasteiger partial charge in [0.15, 0.2) is 0 Å². The number of hydrogen-bond donors (Lipinski definition) is 0. The van der Waals surface area contributed by atoms with E-state index in [4.69, 9.17) is 0 Å². The van der Waals surface area contributed by atoms with Crippen molar-refractivity contribution in [1.29, 1.82) is 0 Å². The van der Waals surface area contributed by atoms with Crippen LogP contribution in [0.3, 0.4) is 0 Å². The zero-order chi connectivity index (χ0) is 35.6. The Morgan fingerprint density at radius 1 is 0.596 bits per heavy atom. The maximum atomic E-state index is 2.52. The number of fused-ring (bicyclic) bond motifs is 8. The molecule has 0 radical (unpaired) electrons. The number of hydrogen-bond acceptors (Lipinski definition) is 1. The summed E-state index contributed by atoms with van der Waals surface area (Å²) < 4.78 is 1.41. The number of thiophene rings is 1. The van der Waals surface area contributed by atoms with Gasteiger partial charge in [-0.2, -0.15) is 0 Å². The fraction of sp³-hybridized carbons (Fsp3) is 0.137. The van der Waals surface area contributed by atoms with Crippen LogP contribution in [0, 0.1) is 6.92 Å². The summed E-state index contributed by atoms with van der Waals surface area (Å²) >= 11 is 1.95. The number of benzene rings is 7. The number of aryl methyl sites for hydroxylation is 1. The third-order valence-electron chi connectivity index (χ3n) is 11.3. The van der Waals surface area contributed by atoms with E-state index in [0.717, 1.165) is 6.42 Å². The van der Waals surface area contributed by atoms with E-state index >= 15 is 0 Å². The van der Waals surface area contributed by atoms with Crippen LogP contribution in [-0.2, 0) is 11.8 Å². The minimum Gasteiger partial charge on any atom is -0.139 e. The molecule has 1 aliphatic rings. The highest BCUT2D eigenvalue weighted by atomic mass is 32.1. The van der Waals surface area contributed by atoms with E-state index in [9.17, 15) is 0 Å². The summed E-state index contributed by atoms with van der Waals surface area (Å²) in [6.07, 6.45) is 10.2. The molecule has 252 valence electrons. The summed E-state index contributed by atoms with van der Waals surface area (Å²) in [4.78, 5) is 1.38. The Morgan fingerprint density at radius 3 is 1.73 bits per heavy atom. The summed E-state index contributed by atoms with van der Waals surface area (Å²) in [5.41, 5.74) is 13.4. The van der Waals surface area contributed by atoms with E-state index in [1.54, 1.807) is 0 Å².